The molecule has 0 aromatic carbocycles. The number of rotatable bonds is 4. The quantitative estimate of drug-likeness (QED) is 0.748. The van der Waals surface area contributed by atoms with Crippen LogP contribution in [0.25, 0.3) is 0 Å². The molecule has 0 radical (unpaired) electrons. The van der Waals surface area contributed by atoms with Crippen LogP contribution >= 0.6 is 38.6 Å². The Kier molecular flexibility index (Phi) is 5.13. The molecule has 0 unspecified atom stereocenters. The van der Waals surface area contributed by atoms with Crippen LogP contribution in [0, 0.1) is 6.92 Å². The van der Waals surface area contributed by atoms with Gasteiger partial charge >= 0.3 is 5.97 Å². The first-order valence-corrected chi connectivity index (χ1v) is 8.60. The number of carbonyl (C=O) groups is 2. The first-order chi connectivity index (χ1) is 9.95. The van der Waals surface area contributed by atoms with Gasteiger partial charge in [0.15, 0.2) is 5.13 Å². The number of amides is 1. The lowest BCUT2D eigenvalue weighted by atomic mass is 10.4. The van der Waals surface area contributed by atoms with Gasteiger partial charge in [-0.15, -0.1) is 11.3 Å². The van der Waals surface area contributed by atoms with Crippen LogP contribution in [-0.4, -0.2) is 30.5 Å². The molecule has 2 heterocycles. The molecular weight excluding hydrogens is 376 g/mol. The minimum Gasteiger partial charge on any atom is -0.462 e. The van der Waals surface area contributed by atoms with Crippen LogP contribution in [0.4, 0.5) is 5.13 Å². The zero-order valence-corrected chi connectivity index (χ0v) is 14.9. The fourth-order valence-electron chi connectivity index (χ4n) is 1.60. The topological polar surface area (TPSA) is 59.5 Å². The molecule has 21 heavy (non-hydrogen) atoms. The van der Waals surface area contributed by atoms with Crippen LogP contribution in [0.5, 0.6) is 0 Å². The van der Waals surface area contributed by atoms with Gasteiger partial charge in [0.1, 0.15) is 9.75 Å². The van der Waals surface area contributed by atoms with E-state index in [1.54, 1.807) is 20.9 Å². The highest BCUT2D eigenvalue weighted by atomic mass is 79.9. The molecule has 112 valence electrons. The fraction of sp³-hybridized carbons (Fsp3) is 0.308. The van der Waals surface area contributed by atoms with Gasteiger partial charge < -0.3 is 4.74 Å². The second-order valence-electron chi connectivity index (χ2n) is 4.09. The van der Waals surface area contributed by atoms with Gasteiger partial charge in [-0.3, -0.25) is 9.69 Å². The zero-order chi connectivity index (χ0) is 15.6. The zero-order valence-electron chi connectivity index (χ0n) is 11.7. The summed E-state index contributed by atoms with van der Waals surface area (Å²) in [7, 11) is 1.64. The Bertz CT molecular complexity index is 681. The number of thiazole rings is 1. The SMILES string of the molecule is CCOC(=O)c1sc(N(C)C(=O)c2sccc2Br)nc1C. The van der Waals surface area contributed by atoms with E-state index in [4.69, 9.17) is 4.74 Å². The number of esters is 1. The summed E-state index contributed by atoms with van der Waals surface area (Å²) >= 11 is 5.85. The van der Waals surface area contributed by atoms with Crippen molar-refractivity contribution in [1.82, 2.24) is 4.98 Å². The van der Waals surface area contributed by atoms with Crippen molar-refractivity contribution in [1.29, 1.82) is 0 Å². The second kappa shape index (κ2) is 6.67. The summed E-state index contributed by atoms with van der Waals surface area (Å²) in [6.07, 6.45) is 0. The van der Waals surface area contributed by atoms with Crippen LogP contribution in [-0.2, 0) is 4.74 Å². The third-order valence-corrected chi connectivity index (χ3v) is 5.69. The van der Waals surface area contributed by atoms with Crippen molar-refractivity contribution in [3.8, 4) is 0 Å². The number of halogens is 1. The Morgan fingerprint density at radius 2 is 2.14 bits per heavy atom. The minimum atomic E-state index is -0.406. The lowest BCUT2D eigenvalue weighted by Gasteiger charge is -2.12. The van der Waals surface area contributed by atoms with Crippen LogP contribution in [0.3, 0.4) is 0 Å². The van der Waals surface area contributed by atoms with Gasteiger partial charge in [-0.1, -0.05) is 11.3 Å². The normalized spacial score (nSPS) is 10.5. The summed E-state index contributed by atoms with van der Waals surface area (Å²) in [5.74, 6) is -0.571. The Morgan fingerprint density at radius 1 is 1.43 bits per heavy atom. The molecule has 0 fully saturated rings. The van der Waals surface area contributed by atoms with Gasteiger partial charge in [-0.25, -0.2) is 9.78 Å². The van der Waals surface area contributed by atoms with E-state index >= 15 is 0 Å². The molecule has 1 amide bonds. The molecule has 8 heteroatoms. The predicted octanol–water partition coefficient (Wildman–Crippen LogP) is 3.73. The average Bonchev–Trinajstić information content (AvgIpc) is 3.03. The Balaban J connectivity index is 2.26. The lowest BCUT2D eigenvalue weighted by molar-refractivity contribution is 0.0531. The number of nitrogens with zero attached hydrogens (tertiary/aromatic N) is 2. The first kappa shape index (κ1) is 16.1. The minimum absolute atomic E-state index is 0.166. The maximum Gasteiger partial charge on any atom is 0.350 e. The second-order valence-corrected chi connectivity index (χ2v) is 6.84. The average molecular weight is 389 g/mol. The highest BCUT2D eigenvalue weighted by Crippen LogP contribution is 2.30. The van der Waals surface area contributed by atoms with E-state index in [0.717, 1.165) is 15.8 Å². The summed E-state index contributed by atoms with van der Waals surface area (Å²) in [5, 5.41) is 2.31. The number of aryl methyl sites for hydroxylation is 1. The van der Waals surface area contributed by atoms with Crippen molar-refractivity contribution in [2.75, 3.05) is 18.6 Å². The Hall–Kier alpha value is -1.25. The van der Waals surface area contributed by atoms with Crippen LogP contribution in [0.1, 0.15) is 32.0 Å². The highest BCUT2D eigenvalue weighted by molar-refractivity contribution is 9.10. The van der Waals surface area contributed by atoms with Gasteiger partial charge in [0, 0.05) is 11.5 Å². The summed E-state index contributed by atoms with van der Waals surface area (Å²) in [5.41, 5.74) is 0.568. The maximum absolute atomic E-state index is 12.4. The number of thiophene rings is 1. The molecule has 2 aromatic heterocycles. The molecule has 2 aromatic rings. The van der Waals surface area contributed by atoms with Gasteiger partial charge in [0.25, 0.3) is 5.91 Å². The number of ether oxygens (including phenoxy) is 1. The van der Waals surface area contributed by atoms with Crippen LogP contribution < -0.4 is 4.90 Å². The van der Waals surface area contributed by atoms with Crippen molar-refractivity contribution < 1.29 is 14.3 Å². The number of anilines is 1. The molecule has 0 aliphatic rings. The van der Waals surface area contributed by atoms with Crippen molar-refractivity contribution >= 4 is 55.6 Å². The molecule has 0 aliphatic carbocycles. The number of aromatic nitrogens is 1. The third kappa shape index (κ3) is 3.33. The van der Waals surface area contributed by atoms with Crippen molar-refractivity contribution in [2.24, 2.45) is 0 Å². The third-order valence-electron chi connectivity index (χ3n) is 2.65. The van der Waals surface area contributed by atoms with E-state index in [1.807, 2.05) is 11.4 Å². The van der Waals surface area contributed by atoms with E-state index in [1.165, 1.54) is 16.2 Å². The monoisotopic (exact) mass is 388 g/mol. The molecule has 0 atom stereocenters. The van der Waals surface area contributed by atoms with Crippen molar-refractivity contribution in [3.05, 3.63) is 31.4 Å². The fourth-order valence-corrected chi connectivity index (χ4v) is 4.03. The standard InChI is InChI=1S/C13H13BrN2O3S2/c1-4-19-12(18)9-7(2)15-13(21-9)16(3)11(17)10-8(14)5-6-20-10/h5-6H,4H2,1-3H3. The molecule has 0 aliphatic heterocycles. The molecule has 0 saturated carbocycles. The summed E-state index contributed by atoms with van der Waals surface area (Å²) < 4.78 is 5.73. The van der Waals surface area contributed by atoms with Crippen molar-refractivity contribution in [3.63, 3.8) is 0 Å². The van der Waals surface area contributed by atoms with E-state index in [2.05, 4.69) is 20.9 Å². The van der Waals surface area contributed by atoms with Gasteiger partial charge in [-0.05, 0) is 41.2 Å². The molecule has 0 saturated heterocycles. The smallest absolute Gasteiger partial charge is 0.350 e. The largest absolute Gasteiger partial charge is 0.462 e. The van der Waals surface area contributed by atoms with Crippen LogP contribution in [0.2, 0.25) is 0 Å². The summed E-state index contributed by atoms with van der Waals surface area (Å²) in [6, 6.07) is 1.82. The maximum atomic E-state index is 12.4. The number of hydrogen-bond acceptors (Lipinski definition) is 6. The Labute approximate surface area is 138 Å². The molecule has 0 N–H and O–H groups in total. The van der Waals surface area contributed by atoms with Gasteiger partial charge in [0.2, 0.25) is 0 Å². The molecule has 2 rings (SSSR count). The van der Waals surface area contributed by atoms with Crippen molar-refractivity contribution in [2.45, 2.75) is 13.8 Å². The summed E-state index contributed by atoms with van der Waals surface area (Å²) in [6.45, 7) is 3.78. The van der Waals surface area contributed by atoms with Crippen LogP contribution in [0.15, 0.2) is 15.9 Å². The first-order valence-electron chi connectivity index (χ1n) is 6.11. The van der Waals surface area contributed by atoms with E-state index < -0.39 is 5.97 Å². The number of carbonyl (C=O) groups excluding carboxylic acids is 2. The van der Waals surface area contributed by atoms with E-state index in [-0.39, 0.29) is 5.91 Å². The van der Waals surface area contributed by atoms with Gasteiger partial charge in [-0.2, -0.15) is 0 Å². The number of hydrogen-bond donors (Lipinski definition) is 0. The molecular formula is C13H13BrN2O3S2. The van der Waals surface area contributed by atoms with E-state index in [9.17, 15) is 9.59 Å². The predicted molar refractivity (Wildman–Crippen MR) is 87.6 cm³/mol. The van der Waals surface area contributed by atoms with E-state index in [0.29, 0.717) is 27.2 Å². The molecule has 0 bridgehead atoms. The molecule has 0 spiro atoms. The molecule has 5 nitrogen and oxygen atoms in total. The summed E-state index contributed by atoms with van der Waals surface area (Å²) in [4.78, 5) is 30.9. The Morgan fingerprint density at radius 3 is 2.71 bits per heavy atom. The van der Waals surface area contributed by atoms with Gasteiger partial charge in [0.05, 0.1) is 12.3 Å². The highest BCUT2D eigenvalue weighted by Gasteiger charge is 2.23. The lowest BCUT2D eigenvalue weighted by Crippen LogP contribution is -2.25.